The van der Waals surface area contributed by atoms with E-state index in [9.17, 15) is 0 Å². The summed E-state index contributed by atoms with van der Waals surface area (Å²) in [5.41, 5.74) is 0.293. The number of nitriles is 1. The van der Waals surface area contributed by atoms with Gasteiger partial charge < -0.3 is 4.74 Å². The molecule has 0 N–H and O–H groups in total. The van der Waals surface area contributed by atoms with E-state index in [1.807, 2.05) is 13.0 Å². The number of hydrogen-bond donors (Lipinski definition) is 0. The topological polar surface area (TPSA) is 45.9 Å². The van der Waals surface area contributed by atoms with Gasteiger partial charge in [0.25, 0.3) is 0 Å². The van der Waals surface area contributed by atoms with E-state index in [1.54, 1.807) is 6.07 Å². The molecule has 1 aromatic heterocycles. The maximum Gasteiger partial charge on any atom is 0.150 e. The monoisotopic (exact) mass is 182 g/mol. The third kappa shape index (κ3) is 1.66. The Morgan fingerprint density at radius 3 is 3.08 bits per heavy atom. The van der Waals surface area contributed by atoms with Crippen molar-refractivity contribution in [3.05, 3.63) is 23.0 Å². The second kappa shape index (κ2) is 3.93. The first-order chi connectivity index (χ1) is 5.79. The van der Waals surface area contributed by atoms with Crippen LogP contribution in [-0.2, 0) is 0 Å². The molecule has 0 aliphatic heterocycles. The van der Waals surface area contributed by atoms with Gasteiger partial charge in [-0.3, -0.25) is 0 Å². The van der Waals surface area contributed by atoms with Gasteiger partial charge >= 0.3 is 0 Å². The summed E-state index contributed by atoms with van der Waals surface area (Å²) in [5.74, 6) is 0.486. The summed E-state index contributed by atoms with van der Waals surface area (Å²) < 4.78 is 5.16. The molecule has 3 nitrogen and oxygen atoms in total. The van der Waals surface area contributed by atoms with Crippen LogP contribution < -0.4 is 4.74 Å². The zero-order valence-corrected chi connectivity index (χ0v) is 7.30. The Balaban J connectivity index is 3.11. The van der Waals surface area contributed by atoms with Gasteiger partial charge in [0.05, 0.1) is 6.61 Å². The van der Waals surface area contributed by atoms with Crippen molar-refractivity contribution in [2.24, 2.45) is 0 Å². The van der Waals surface area contributed by atoms with Gasteiger partial charge in [-0.1, -0.05) is 11.6 Å². The van der Waals surface area contributed by atoms with Crippen LogP contribution in [-0.4, -0.2) is 11.6 Å². The molecule has 0 aliphatic carbocycles. The second-order valence-electron chi connectivity index (χ2n) is 2.02. The molecule has 0 spiro atoms. The Kier molecular flexibility index (Phi) is 2.89. The fourth-order valence-electron chi connectivity index (χ4n) is 0.797. The van der Waals surface area contributed by atoms with Gasteiger partial charge in [-0.15, -0.1) is 0 Å². The Morgan fingerprint density at radius 1 is 1.75 bits per heavy atom. The molecule has 0 unspecified atom stereocenters. The number of rotatable bonds is 2. The average molecular weight is 183 g/mol. The Morgan fingerprint density at radius 2 is 2.50 bits per heavy atom. The van der Waals surface area contributed by atoms with E-state index in [-0.39, 0.29) is 5.15 Å². The van der Waals surface area contributed by atoms with E-state index in [1.165, 1.54) is 6.20 Å². The molecular formula is C8H7ClN2O. The van der Waals surface area contributed by atoms with Crippen LogP contribution in [0.1, 0.15) is 12.5 Å². The molecular weight excluding hydrogens is 176 g/mol. The van der Waals surface area contributed by atoms with E-state index in [4.69, 9.17) is 21.6 Å². The number of aromatic nitrogens is 1. The van der Waals surface area contributed by atoms with Crippen LogP contribution in [0, 0.1) is 11.3 Å². The lowest BCUT2D eigenvalue weighted by Gasteiger charge is -2.04. The lowest BCUT2D eigenvalue weighted by Crippen LogP contribution is -1.95. The molecule has 0 aromatic carbocycles. The Hall–Kier alpha value is -1.27. The lowest BCUT2D eigenvalue weighted by molar-refractivity contribution is 0.339. The predicted molar refractivity (Wildman–Crippen MR) is 45.1 cm³/mol. The first-order valence-corrected chi connectivity index (χ1v) is 3.84. The van der Waals surface area contributed by atoms with Gasteiger partial charge in [-0.05, 0) is 13.0 Å². The SMILES string of the molecule is CCOc1ccnc(Cl)c1C#N. The second-order valence-corrected chi connectivity index (χ2v) is 2.38. The largest absolute Gasteiger partial charge is 0.492 e. The maximum absolute atomic E-state index is 8.67. The Labute approximate surface area is 75.6 Å². The van der Waals surface area contributed by atoms with E-state index in [0.29, 0.717) is 17.9 Å². The smallest absolute Gasteiger partial charge is 0.150 e. The molecule has 0 atom stereocenters. The van der Waals surface area contributed by atoms with E-state index in [0.717, 1.165) is 0 Å². The van der Waals surface area contributed by atoms with Crippen LogP contribution in [0.25, 0.3) is 0 Å². The third-order valence-electron chi connectivity index (χ3n) is 1.28. The minimum Gasteiger partial charge on any atom is -0.492 e. The number of ether oxygens (including phenoxy) is 1. The highest BCUT2D eigenvalue weighted by Crippen LogP contribution is 2.22. The molecule has 0 radical (unpaired) electrons. The van der Waals surface area contributed by atoms with Crippen LogP contribution in [0.4, 0.5) is 0 Å². The molecule has 0 saturated carbocycles. The van der Waals surface area contributed by atoms with E-state index >= 15 is 0 Å². The summed E-state index contributed by atoms with van der Waals surface area (Å²) in [7, 11) is 0. The van der Waals surface area contributed by atoms with Crippen molar-refractivity contribution < 1.29 is 4.74 Å². The van der Waals surface area contributed by atoms with Crippen LogP contribution >= 0.6 is 11.6 Å². The molecule has 1 heterocycles. The lowest BCUT2D eigenvalue weighted by atomic mass is 10.3. The summed E-state index contributed by atoms with van der Waals surface area (Å²) in [5, 5.41) is 8.86. The Bertz CT molecular complexity index is 319. The third-order valence-corrected chi connectivity index (χ3v) is 1.56. The van der Waals surface area contributed by atoms with Crippen molar-refractivity contribution in [1.29, 1.82) is 5.26 Å². The quantitative estimate of drug-likeness (QED) is 0.658. The van der Waals surface area contributed by atoms with Gasteiger partial charge in [-0.25, -0.2) is 4.98 Å². The summed E-state index contributed by atoms with van der Waals surface area (Å²) >= 11 is 5.65. The minimum absolute atomic E-state index is 0.184. The summed E-state index contributed by atoms with van der Waals surface area (Å²) in [6.07, 6.45) is 1.51. The van der Waals surface area contributed by atoms with Crippen molar-refractivity contribution in [3.8, 4) is 11.8 Å². The van der Waals surface area contributed by atoms with Gasteiger partial charge in [0.1, 0.15) is 17.4 Å². The van der Waals surface area contributed by atoms with E-state index in [2.05, 4.69) is 4.98 Å². The zero-order chi connectivity index (χ0) is 8.97. The standard InChI is InChI=1S/C8H7ClN2O/c1-2-12-7-3-4-11-8(9)6(7)5-10/h3-4H,2H2,1H3. The fourth-order valence-corrected chi connectivity index (χ4v) is 0.989. The number of nitrogens with zero attached hydrogens (tertiary/aromatic N) is 2. The molecule has 0 bridgehead atoms. The number of hydrogen-bond acceptors (Lipinski definition) is 3. The normalized spacial score (nSPS) is 9.08. The number of pyridine rings is 1. The maximum atomic E-state index is 8.67. The van der Waals surface area contributed by atoms with E-state index < -0.39 is 0 Å². The van der Waals surface area contributed by atoms with Crippen LogP contribution in [0.5, 0.6) is 5.75 Å². The molecule has 0 aliphatic rings. The van der Waals surface area contributed by atoms with Crippen LogP contribution in [0.2, 0.25) is 5.15 Å². The molecule has 1 rings (SSSR count). The molecule has 0 fully saturated rings. The highest BCUT2D eigenvalue weighted by Gasteiger charge is 2.07. The summed E-state index contributed by atoms with van der Waals surface area (Å²) in [6.45, 7) is 2.35. The van der Waals surface area contributed by atoms with Gasteiger partial charge in [0.2, 0.25) is 0 Å². The summed E-state index contributed by atoms with van der Waals surface area (Å²) in [6, 6.07) is 3.55. The minimum atomic E-state index is 0.184. The molecule has 62 valence electrons. The van der Waals surface area contributed by atoms with Crippen LogP contribution in [0.3, 0.4) is 0 Å². The van der Waals surface area contributed by atoms with Crippen molar-refractivity contribution >= 4 is 11.6 Å². The van der Waals surface area contributed by atoms with Gasteiger partial charge in [0, 0.05) is 6.20 Å². The van der Waals surface area contributed by atoms with Gasteiger partial charge in [0.15, 0.2) is 5.15 Å². The average Bonchev–Trinajstić information content (AvgIpc) is 2.05. The molecule has 12 heavy (non-hydrogen) atoms. The predicted octanol–water partition coefficient (Wildman–Crippen LogP) is 2.01. The molecule has 0 saturated heterocycles. The van der Waals surface area contributed by atoms with Gasteiger partial charge in [-0.2, -0.15) is 5.26 Å². The van der Waals surface area contributed by atoms with Crippen molar-refractivity contribution in [1.82, 2.24) is 4.98 Å². The molecule has 1 aromatic rings. The number of halogens is 1. The van der Waals surface area contributed by atoms with Crippen LogP contribution in [0.15, 0.2) is 12.3 Å². The van der Waals surface area contributed by atoms with Crippen molar-refractivity contribution in [3.63, 3.8) is 0 Å². The van der Waals surface area contributed by atoms with Crippen molar-refractivity contribution in [2.75, 3.05) is 6.61 Å². The highest BCUT2D eigenvalue weighted by molar-refractivity contribution is 6.30. The molecule has 0 amide bonds. The summed E-state index contributed by atoms with van der Waals surface area (Å²) in [4.78, 5) is 3.76. The van der Waals surface area contributed by atoms with Crippen molar-refractivity contribution in [2.45, 2.75) is 6.92 Å². The molecule has 4 heteroatoms. The highest BCUT2D eigenvalue weighted by atomic mass is 35.5. The first-order valence-electron chi connectivity index (χ1n) is 3.47. The zero-order valence-electron chi connectivity index (χ0n) is 6.54. The fraction of sp³-hybridized carbons (Fsp3) is 0.250. The first kappa shape index (κ1) is 8.82.